The fourth-order valence-corrected chi connectivity index (χ4v) is 3.82. The molecule has 1 aromatic rings. The fourth-order valence-electron chi connectivity index (χ4n) is 2.93. The molecule has 0 saturated carbocycles. The number of nitrogens with zero attached hydrogens (tertiary/aromatic N) is 2. The summed E-state index contributed by atoms with van der Waals surface area (Å²) in [6, 6.07) is 11.1. The maximum Gasteiger partial charge on any atom is 0.223 e. The minimum absolute atomic E-state index is 0.333. The summed E-state index contributed by atoms with van der Waals surface area (Å²) in [5.41, 5.74) is 1.34. The molecule has 122 valence electrons. The van der Waals surface area contributed by atoms with Crippen LogP contribution in [0.25, 0.3) is 0 Å². The Kier molecular flexibility index (Phi) is 7.26. The number of carbonyl (C=O) groups excluding carboxylic acids is 1. The summed E-state index contributed by atoms with van der Waals surface area (Å²) in [5, 5.41) is 0. The van der Waals surface area contributed by atoms with E-state index < -0.39 is 0 Å². The first-order valence-electron chi connectivity index (χ1n) is 8.22. The Morgan fingerprint density at radius 2 is 2.00 bits per heavy atom. The van der Waals surface area contributed by atoms with Crippen molar-refractivity contribution in [3.63, 3.8) is 0 Å². The van der Waals surface area contributed by atoms with Crippen LogP contribution >= 0.6 is 11.8 Å². The molecule has 0 radical (unpaired) electrons. The summed E-state index contributed by atoms with van der Waals surface area (Å²) in [7, 11) is 4.28. The molecule has 1 atom stereocenters. The molecule has 1 fully saturated rings. The highest BCUT2D eigenvalue weighted by Crippen LogP contribution is 2.17. The van der Waals surface area contributed by atoms with Crippen LogP contribution in [0.1, 0.15) is 31.2 Å². The van der Waals surface area contributed by atoms with Gasteiger partial charge in [0.05, 0.1) is 0 Å². The molecule has 1 aromatic carbocycles. The number of thioether (sulfide) groups is 1. The van der Waals surface area contributed by atoms with E-state index in [2.05, 4.69) is 48.2 Å². The monoisotopic (exact) mass is 320 g/mol. The topological polar surface area (TPSA) is 23.6 Å². The summed E-state index contributed by atoms with van der Waals surface area (Å²) in [6.45, 7) is 1.86. The highest BCUT2D eigenvalue weighted by atomic mass is 32.2. The first-order chi connectivity index (χ1) is 10.7. The maximum atomic E-state index is 12.3. The van der Waals surface area contributed by atoms with Gasteiger partial charge >= 0.3 is 0 Å². The van der Waals surface area contributed by atoms with Crippen molar-refractivity contribution >= 4 is 17.7 Å². The molecule has 1 amide bonds. The summed E-state index contributed by atoms with van der Waals surface area (Å²) in [6.07, 6.45) is 4.12. The quantitative estimate of drug-likeness (QED) is 0.752. The second-order valence-electron chi connectivity index (χ2n) is 6.22. The molecule has 1 saturated heterocycles. The summed E-state index contributed by atoms with van der Waals surface area (Å²) >= 11 is 1.85. The van der Waals surface area contributed by atoms with Crippen molar-refractivity contribution in [2.24, 2.45) is 0 Å². The Bertz CT molecular complexity index is 450. The zero-order valence-electron chi connectivity index (χ0n) is 13.8. The van der Waals surface area contributed by atoms with Gasteiger partial charge in [0, 0.05) is 37.1 Å². The normalized spacial score (nSPS) is 19.2. The molecule has 3 nitrogen and oxygen atoms in total. The molecule has 0 N–H and O–H groups in total. The predicted octanol–water partition coefficient (Wildman–Crippen LogP) is 3.25. The summed E-state index contributed by atoms with van der Waals surface area (Å²) in [5.74, 6) is 2.25. The van der Waals surface area contributed by atoms with Crippen LogP contribution in [0.5, 0.6) is 0 Å². The lowest BCUT2D eigenvalue weighted by molar-refractivity contribution is -0.130. The highest BCUT2D eigenvalue weighted by molar-refractivity contribution is 7.98. The standard InChI is InChI=1S/C18H28N2OS/c1-19(2)17-9-6-12-20(13-10-17)18(21)11-14-22-15-16-7-4-3-5-8-16/h3-5,7-8,17H,6,9-15H2,1-2H3/t17-/m0/s1. The molecule has 1 aliphatic rings. The van der Waals surface area contributed by atoms with Gasteiger partial charge in [0.25, 0.3) is 0 Å². The van der Waals surface area contributed by atoms with E-state index >= 15 is 0 Å². The van der Waals surface area contributed by atoms with Gasteiger partial charge in [0.15, 0.2) is 0 Å². The molecule has 1 heterocycles. The van der Waals surface area contributed by atoms with E-state index in [4.69, 9.17) is 0 Å². The van der Waals surface area contributed by atoms with Crippen LogP contribution < -0.4 is 0 Å². The van der Waals surface area contributed by atoms with Crippen molar-refractivity contribution < 1.29 is 4.79 Å². The third-order valence-corrected chi connectivity index (χ3v) is 5.38. The average Bonchev–Trinajstić information content (AvgIpc) is 2.78. The van der Waals surface area contributed by atoms with Gasteiger partial charge in [-0.25, -0.2) is 0 Å². The molecule has 1 aliphatic heterocycles. The van der Waals surface area contributed by atoms with Gasteiger partial charge in [0.1, 0.15) is 0 Å². The van der Waals surface area contributed by atoms with E-state index in [9.17, 15) is 4.79 Å². The van der Waals surface area contributed by atoms with Crippen LogP contribution in [-0.4, -0.2) is 54.7 Å². The number of carbonyl (C=O) groups is 1. The number of benzene rings is 1. The van der Waals surface area contributed by atoms with Crippen LogP contribution in [-0.2, 0) is 10.5 Å². The van der Waals surface area contributed by atoms with Gasteiger partial charge in [0.2, 0.25) is 5.91 Å². The Hall–Kier alpha value is -1.00. The molecule has 2 rings (SSSR count). The number of likely N-dealkylation sites (tertiary alicyclic amines) is 1. The number of amides is 1. The Balaban J connectivity index is 1.66. The second kappa shape index (κ2) is 9.21. The third-order valence-electron chi connectivity index (χ3n) is 4.35. The molecule has 0 aromatic heterocycles. The molecule has 0 unspecified atom stereocenters. The Morgan fingerprint density at radius 3 is 2.73 bits per heavy atom. The minimum atomic E-state index is 0.333. The van der Waals surface area contributed by atoms with Gasteiger partial charge in [-0.05, 0) is 38.9 Å². The number of hydrogen-bond donors (Lipinski definition) is 0. The van der Waals surface area contributed by atoms with E-state index in [0.29, 0.717) is 18.4 Å². The number of rotatable bonds is 6. The molecular weight excluding hydrogens is 292 g/mol. The molecule has 0 aliphatic carbocycles. The largest absolute Gasteiger partial charge is 0.343 e. The lowest BCUT2D eigenvalue weighted by atomic mass is 10.1. The first-order valence-corrected chi connectivity index (χ1v) is 9.38. The predicted molar refractivity (Wildman–Crippen MR) is 95.1 cm³/mol. The Labute approximate surface area is 139 Å². The smallest absolute Gasteiger partial charge is 0.223 e. The average molecular weight is 321 g/mol. The summed E-state index contributed by atoms with van der Waals surface area (Å²) in [4.78, 5) is 16.7. The highest BCUT2D eigenvalue weighted by Gasteiger charge is 2.21. The van der Waals surface area contributed by atoms with E-state index in [1.165, 1.54) is 12.0 Å². The van der Waals surface area contributed by atoms with E-state index in [1.807, 2.05) is 17.8 Å². The van der Waals surface area contributed by atoms with Crippen LogP contribution in [0.2, 0.25) is 0 Å². The van der Waals surface area contributed by atoms with E-state index in [1.54, 1.807) is 0 Å². The number of hydrogen-bond acceptors (Lipinski definition) is 3. The molecule has 0 spiro atoms. The SMILES string of the molecule is CN(C)[C@H]1CCCN(C(=O)CCSCc2ccccc2)CC1. The maximum absolute atomic E-state index is 12.3. The van der Waals surface area contributed by atoms with Crippen molar-refractivity contribution in [1.29, 1.82) is 0 Å². The molecule has 4 heteroatoms. The zero-order chi connectivity index (χ0) is 15.8. The fraction of sp³-hybridized carbons (Fsp3) is 0.611. The van der Waals surface area contributed by atoms with E-state index in [0.717, 1.165) is 37.4 Å². The molecule has 22 heavy (non-hydrogen) atoms. The first kappa shape index (κ1) is 17.4. The molecule has 0 bridgehead atoms. The summed E-state index contributed by atoms with van der Waals surface area (Å²) < 4.78 is 0. The van der Waals surface area contributed by atoms with Crippen molar-refractivity contribution in [2.75, 3.05) is 32.9 Å². The minimum Gasteiger partial charge on any atom is -0.343 e. The lowest BCUT2D eigenvalue weighted by Crippen LogP contribution is -2.33. The van der Waals surface area contributed by atoms with E-state index in [-0.39, 0.29) is 0 Å². The van der Waals surface area contributed by atoms with Gasteiger partial charge in [-0.15, -0.1) is 0 Å². The van der Waals surface area contributed by atoms with Crippen molar-refractivity contribution in [3.8, 4) is 0 Å². The molecular formula is C18H28N2OS. The van der Waals surface area contributed by atoms with Crippen LogP contribution in [0, 0.1) is 0 Å². The van der Waals surface area contributed by atoms with Gasteiger partial charge in [-0.2, -0.15) is 11.8 Å². The Morgan fingerprint density at radius 1 is 1.23 bits per heavy atom. The van der Waals surface area contributed by atoms with Crippen LogP contribution in [0.4, 0.5) is 0 Å². The van der Waals surface area contributed by atoms with Gasteiger partial charge in [-0.3, -0.25) is 4.79 Å². The zero-order valence-corrected chi connectivity index (χ0v) is 14.6. The van der Waals surface area contributed by atoms with Crippen molar-refractivity contribution in [3.05, 3.63) is 35.9 Å². The van der Waals surface area contributed by atoms with Crippen molar-refractivity contribution in [2.45, 2.75) is 37.5 Å². The van der Waals surface area contributed by atoms with Crippen molar-refractivity contribution in [1.82, 2.24) is 9.80 Å². The second-order valence-corrected chi connectivity index (χ2v) is 7.32. The van der Waals surface area contributed by atoms with Crippen LogP contribution in [0.15, 0.2) is 30.3 Å². The van der Waals surface area contributed by atoms with Gasteiger partial charge < -0.3 is 9.80 Å². The van der Waals surface area contributed by atoms with Crippen LogP contribution in [0.3, 0.4) is 0 Å². The third kappa shape index (κ3) is 5.65. The van der Waals surface area contributed by atoms with Gasteiger partial charge in [-0.1, -0.05) is 30.3 Å². The lowest BCUT2D eigenvalue weighted by Gasteiger charge is -2.23.